The average molecular weight is 410 g/mol. The van der Waals surface area contributed by atoms with Crippen molar-refractivity contribution in [1.29, 1.82) is 0 Å². The minimum atomic E-state index is -0.962. The molecule has 0 aliphatic heterocycles. The van der Waals surface area contributed by atoms with Crippen LogP contribution >= 0.6 is 0 Å². The number of hydrogen-bond donors (Lipinski definition) is 2. The summed E-state index contributed by atoms with van der Waals surface area (Å²) < 4.78 is 5.47. The van der Waals surface area contributed by atoms with Gasteiger partial charge in [-0.05, 0) is 42.6 Å². The SMILES string of the molecule is C[C@H](OC(=O)c1ccccc1Nc1ccccc1)C(=O)Nc1cccc2ccccc12. The maximum absolute atomic E-state index is 12.8. The minimum Gasteiger partial charge on any atom is -0.449 e. The normalized spacial score (nSPS) is 11.5. The summed E-state index contributed by atoms with van der Waals surface area (Å²) in [6.07, 6.45) is -0.962. The van der Waals surface area contributed by atoms with Crippen molar-refractivity contribution in [3.8, 4) is 0 Å². The number of carbonyl (C=O) groups excluding carboxylic acids is 2. The summed E-state index contributed by atoms with van der Waals surface area (Å²) in [4.78, 5) is 25.5. The molecule has 5 nitrogen and oxygen atoms in total. The lowest BCUT2D eigenvalue weighted by Gasteiger charge is -2.16. The quantitative estimate of drug-likeness (QED) is 0.396. The van der Waals surface area contributed by atoms with Crippen LogP contribution in [0.3, 0.4) is 0 Å². The second kappa shape index (κ2) is 9.13. The number of rotatable bonds is 6. The average Bonchev–Trinajstić information content (AvgIpc) is 2.80. The molecule has 0 spiro atoms. The third-order valence-electron chi connectivity index (χ3n) is 4.90. The van der Waals surface area contributed by atoms with Crippen LogP contribution in [0, 0.1) is 0 Å². The van der Waals surface area contributed by atoms with Crippen LogP contribution in [0.5, 0.6) is 0 Å². The number of amides is 1. The first-order valence-electron chi connectivity index (χ1n) is 10.0. The number of anilines is 3. The number of hydrogen-bond acceptors (Lipinski definition) is 4. The van der Waals surface area contributed by atoms with Crippen LogP contribution < -0.4 is 10.6 Å². The summed E-state index contributed by atoms with van der Waals surface area (Å²) in [6.45, 7) is 1.56. The van der Waals surface area contributed by atoms with Gasteiger partial charge in [-0.1, -0.05) is 66.7 Å². The second-order valence-electron chi connectivity index (χ2n) is 7.10. The zero-order chi connectivity index (χ0) is 21.6. The van der Waals surface area contributed by atoms with Crippen LogP contribution in [0.15, 0.2) is 97.1 Å². The number of ether oxygens (including phenoxy) is 1. The first-order chi connectivity index (χ1) is 15.1. The summed E-state index contributed by atoms with van der Waals surface area (Å²) >= 11 is 0. The highest BCUT2D eigenvalue weighted by molar-refractivity contribution is 6.05. The third-order valence-corrected chi connectivity index (χ3v) is 4.90. The summed E-state index contributed by atoms with van der Waals surface area (Å²) in [5, 5.41) is 8.02. The van der Waals surface area contributed by atoms with Crippen molar-refractivity contribution in [3.05, 3.63) is 103 Å². The summed E-state index contributed by atoms with van der Waals surface area (Å²) in [7, 11) is 0. The Labute approximate surface area is 180 Å². The Morgan fingerprint density at radius 1 is 0.742 bits per heavy atom. The van der Waals surface area contributed by atoms with Gasteiger partial charge in [-0.3, -0.25) is 4.79 Å². The van der Waals surface area contributed by atoms with Crippen LogP contribution in [0.25, 0.3) is 10.8 Å². The molecular weight excluding hydrogens is 388 g/mol. The molecule has 0 saturated heterocycles. The van der Waals surface area contributed by atoms with Gasteiger partial charge < -0.3 is 15.4 Å². The maximum Gasteiger partial charge on any atom is 0.341 e. The van der Waals surface area contributed by atoms with E-state index in [2.05, 4.69) is 10.6 Å². The van der Waals surface area contributed by atoms with Crippen molar-refractivity contribution in [1.82, 2.24) is 0 Å². The highest BCUT2D eigenvalue weighted by Crippen LogP contribution is 2.24. The smallest absolute Gasteiger partial charge is 0.341 e. The van der Waals surface area contributed by atoms with Gasteiger partial charge in [-0.15, -0.1) is 0 Å². The van der Waals surface area contributed by atoms with E-state index in [1.807, 2.05) is 78.9 Å². The Balaban J connectivity index is 1.47. The van der Waals surface area contributed by atoms with Crippen LogP contribution in [0.2, 0.25) is 0 Å². The van der Waals surface area contributed by atoms with Gasteiger partial charge in [0.25, 0.3) is 5.91 Å². The number of fused-ring (bicyclic) bond motifs is 1. The van der Waals surface area contributed by atoms with Crippen molar-refractivity contribution in [3.63, 3.8) is 0 Å². The molecule has 0 fully saturated rings. The van der Waals surface area contributed by atoms with Gasteiger partial charge >= 0.3 is 5.97 Å². The molecule has 31 heavy (non-hydrogen) atoms. The lowest BCUT2D eigenvalue weighted by Crippen LogP contribution is -2.30. The predicted molar refractivity (Wildman–Crippen MR) is 124 cm³/mol. The fraction of sp³-hybridized carbons (Fsp3) is 0.0769. The number of para-hydroxylation sites is 2. The molecule has 0 aliphatic rings. The van der Waals surface area contributed by atoms with Crippen LogP contribution in [-0.4, -0.2) is 18.0 Å². The van der Waals surface area contributed by atoms with Crippen LogP contribution in [0.4, 0.5) is 17.1 Å². The van der Waals surface area contributed by atoms with Gasteiger partial charge in [0.15, 0.2) is 6.10 Å². The molecular formula is C26H22N2O3. The molecule has 0 saturated carbocycles. The molecule has 4 aromatic carbocycles. The molecule has 0 bridgehead atoms. The molecule has 1 amide bonds. The maximum atomic E-state index is 12.8. The van der Waals surface area contributed by atoms with E-state index in [0.717, 1.165) is 16.5 Å². The van der Waals surface area contributed by atoms with E-state index in [4.69, 9.17) is 4.74 Å². The number of esters is 1. The van der Waals surface area contributed by atoms with Crippen molar-refractivity contribution in [2.75, 3.05) is 10.6 Å². The highest BCUT2D eigenvalue weighted by Gasteiger charge is 2.21. The molecule has 0 radical (unpaired) electrons. The fourth-order valence-electron chi connectivity index (χ4n) is 3.29. The molecule has 0 aliphatic carbocycles. The molecule has 4 aromatic rings. The molecule has 5 heteroatoms. The fourth-order valence-corrected chi connectivity index (χ4v) is 3.29. The number of benzene rings is 4. The van der Waals surface area contributed by atoms with Gasteiger partial charge in [-0.2, -0.15) is 0 Å². The van der Waals surface area contributed by atoms with E-state index in [0.29, 0.717) is 16.9 Å². The zero-order valence-electron chi connectivity index (χ0n) is 17.0. The highest BCUT2D eigenvalue weighted by atomic mass is 16.5. The van der Waals surface area contributed by atoms with E-state index in [9.17, 15) is 9.59 Å². The van der Waals surface area contributed by atoms with Crippen LogP contribution in [-0.2, 0) is 9.53 Å². The van der Waals surface area contributed by atoms with E-state index in [1.54, 1.807) is 25.1 Å². The first kappa shape index (κ1) is 20.2. The minimum absolute atomic E-state index is 0.358. The van der Waals surface area contributed by atoms with Gasteiger partial charge in [0.1, 0.15) is 0 Å². The summed E-state index contributed by atoms with van der Waals surface area (Å²) in [5.41, 5.74) is 2.50. The van der Waals surface area contributed by atoms with Gasteiger partial charge in [-0.25, -0.2) is 4.79 Å². The van der Waals surface area contributed by atoms with E-state index in [1.165, 1.54) is 0 Å². The van der Waals surface area contributed by atoms with Crippen molar-refractivity contribution < 1.29 is 14.3 Å². The monoisotopic (exact) mass is 410 g/mol. The van der Waals surface area contributed by atoms with Crippen molar-refractivity contribution >= 4 is 39.7 Å². The van der Waals surface area contributed by atoms with Gasteiger partial charge in [0.2, 0.25) is 0 Å². The van der Waals surface area contributed by atoms with Crippen molar-refractivity contribution in [2.45, 2.75) is 13.0 Å². The van der Waals surface area contributed by atoms with E-state index in [-0.39, 0.29) is 0 Å². The predicted octanol–water partition coefficient (Wildman–Crippen LogP) is 5.77. The Bertz CT molecular complexity index is 1220. The molecule has 0 aromatic heterocycles. The summed E-state index contributed by atoms with van der Waals surface area (Å²) in [5.74, 6) is -0.960. The second-order valence-corrected chi connectivity index (χ2v) is 7.10. The first-order valence-corrected chi connectivity index (χ1v) is 10.0. The third kappa shape index (κ3) is 4.73. The molecule has 1 atom stereocenters. The van der Waals surface area contributed by atoms with Gasteiger partial charge in [0, 0.05) is 16.8 Å². The molecule has 0 unspecified atom stereocenters. The Morgan fingerprint density at radius 3 is 2.23 bits per heavy atom. The Hall–Kier alpha value is -4.12. The zero-order valence-corrected chi connectivity index (χ0v) is 17.0. The van der Waals surface area contributed by atoms with Crippen molar-refractivity contribution in [2.24, 2.45) is 0 Å². The number of carbonyl (C=O) groups is 2. The Morgan fingerprint density at radius 2 is 1.39 bits per heavy atom. The lowest BCUT2D eigenvalue weighted by molar-refractivity contribution is -0.123. The molecule has 4 rings (SSSR count). The molecule has 2 N–H and O–H groups in total. The van der Waals surface area contributed by atoms with E-state index >= 15 is 0 Å². The van der Waals surface area contributed by atoms with E-state index < -0.39 is 18.0 Å². The molecule has 0 heterocycles. The van der Waals surface area contributed by atoms with Crippen LogP contribution in [0.1, 0.15) is 17.3 Å². The number of nitrogens with one attached hydrogen (secondary N) is 2. The topological polar surface area (TPSA) is 67.4 Å². The standard InChI is InChI=1S/C26H22N2O3/c1-18(25(29)28-23-17-9-11-19-10-5-6-14-21(19)23)31-26(30)22-15-7-8-16-24(22)27-20-12-3-2-4-13-20/h2-18,27H,1H3,(H,28,29)/t18-/m0/s1. The van der Waals surface area contributed by atoms with Gasteiger partial charge in [0.05, 0.1) is 11.3 Å². The summed E-state index contributed by atoms with van der Waals surface area (Å²) in [6, 6.07) is 30.0. The Kier molecular flexibility index (Phi) is 5.94. The molecule has 154 valence electrons. The lowest BCUT2D eigenvalue weighted by atomic mass is 10.1. The largest absolute Gasteiger partial charge is 0.449 e.